The number of hydrogen-bond acceptors (Lipinski definition) is 4. The van der Waals surface area contributed by atoms with Gasteiger partial charge in [-0.15, -0.1) is 0 Å². The first-order chi connectivity index (χ1) is 15.7. The molecule has 0 spiro atoms. The van der Waals surface area contributed by atoms with Crippen LogP contribution in [0.5, 0.6) is 0 Å². The quantitative estimate of drug-likeness (QED) is 0.461. The molecular weight excluding hydrogens is 404 g/mol. The van der Waals surface area contributed by atoms with Crippen LogP contribution in [0.3, 0.4) is 0 Å². The fraction of sp³-hybridized carbons (Fsp3) is 0.360. The average molecular weight is 435 g/mol. The molecule has 2 N–H and O–H groups in total. The van der Waals surface area contributed by atoms with Gasteiger partial charge in [0.15, 0.2) is 5.96 Å². The molecule has 2 aromatic carbocycles. The van der Waals surface area contributed by atoms with E-state index in [9.17, 15) is 4.79 Å². The lowest BCUT2D eigenvalue weighted by Gasteiger charge is -2.31. The Morgan fingerprint density at radius 2 is 1.78 bits per heavy atom. The number of fused-ring (bicyclic) bond motifs is 1. The van der Waals surface area contributed by atoms with Gasteiger partial charge in [0.2, 0.25) is 5.91 Å². The first kappa shape index (κ1) is 21.9. The molecule has 7 nitrogen and oxygen atoms in total. The third kappa shape index (κ3) is 4.94. The van der Waals surface area contributed by atoms with E-state index in [1.807, 2.05) is 53.4 Å². The fourth-order valence-corrected chi connectivity index (χ4v) is 4.01. The van der Waals surface area contributed by atoms with Crippen LogP contribution in [-0.2, 0) is 16.1 Å². The number of para-hydroxylation sites is 1. The van der Waals surface area contributed by atoms with Crippen molar-refractivity contribution in [2.45, 2.75) is 19.4 Å². The van der Waals surface area contributed by atoms with E-state index in [0.29, 0.717) is 45.4 Å². The lowest BCUT2D eigenvalue weighted by atomic mass is 9.97. The largest absolute Gasteiger partial charge is 0.459 e. The summed E-state index contributed by atoms with van der Waals surface area (Å²) in [4.78, 5) is 19.5. The van der Waals surface area contributed by atoms with Gasteiger partial charge in [0, 0.05) is 37.6 Å². The number of furan rings is 1. The molecule has 0 bridgehead atoms. The van der Waals surface area contributed by atoms with Crippen molar-refractivity contribution in [1.29, 1.82) is 0 Å². The zero-order valence-corrected chi connectivity index (χ0v) is 18.6. The highest BCUT2D eigenvalue weighted by atomic mass is 16.5. The van der Waals surface area contributed by atoms with E-state index in [4.69, 9.17) is 9.15 Å². The van der Waals surface area contributed by atoms with Crippen LogP contribution in [0.4, 0.5) is 0 Å². The smallest absolute Gasteiger partial charge is 0.232 e. The second-order valence-electron chi connectivity index (χ2n) is 7.85. The van der Waals surface area contributed by atoms with Crippen molar-refractivity contribution in [2.75, 3.05) is 39.9 Å². The summed E-state index contributed by atoms with van der Waals surface area (Å²) in [6.45, 7) is 5.43. The van der Waals surface area contributed by atoms with Crippen LogP contribution in [0.1, 0.15) is 22.8 Å². The first-order valence-corrected chi connectivity index (χ1v) is 11.0. The summed E-state index contributed by atoms with van der Waals surface area (Å²) in [5.74, 6) is 1.30. The van der Waals surface area contributed by atoms with Gasteiger partial charge in [0.05, 0.1) is 25.7 Å². The van der Waals surface area contributed by atoms with Crippen LogP contribution in [0, 0.1) is 6.92 Å². The summed E-state index contributed by atoms with van der Waals surface area (Å²) in [5, 5.41) is 7.76. The number of ether oxygens (including phenoxy) is 1. The topological polar surface area (TPSA) is 79.1 Å². The molecule has 3 aromatic rings. The molecule has 1 aromatic heterocycles. The summed E-state index contributed by atoms with van der Waals surface area (Å²) in [7, 11) is 1.72. The van der Waals surface area contributed by atoms with Gasteiger partial charge in [0.1, 0.15) is 11.3 Å². The average Bonchev–Trinajstić information content (AvgIpc) is 3.17. The zero-order chi connectivity index (χ0) is 22.3. The van der Waals surface area contributed by atoms with E-state index in [2.05, 4.69) is 28.6 Å². The van der Waals surface area contributed by atoms with Crippen LogP contribution in [-0.4, -0.2) is 56.7 Å². The molecule has 0 aliphatic carbocycles. The van der Waals surface area contributed by atoms with Gasteiger partial charge < -0.3 is 24.7 Å². The van der Waals surface area contributed by atoms with Gasteiger partial charge in [-0.25, -0.2) is 0 Å². The standard InChI is InChI=1S/C25H30N4O3/c1-18-20-10-6-7-11-22(20)32-23(18)17-28-25(26-2)27-16-21(19-8-4-3-5-9-19)24(30)29-12-14-31-15-13-29/h3-11,21H,12-17H2,1-2H3,(H2,26,27,28). The molecule has 1 unspecified atom stereocenters. The summed E-state index contributed by atoms with van der Waals surface area (Å²) in [6, 6.07) is 17.9. The minimum absolute atomic E-state index is 0.107. The molecule has 32 heavy (non-hydrogen) atoms. The van der Waals surface area contributed by atoms with Crippen molar-refractivity contribution >= 4 is 22.8 Å². The number of guanidine groups is 1. The Morgan fingerprint density at radius 3 is 2.50 bits per heavy atom. The molecular formula is C25H30N4O3. The highest BCUT2D eigenvalue weighted by molar-refractivity contribution is 5.86. The minimum Gasteiger partial charge on any atom is -0.459 e. The molecule has 1 fully saturated rings. The molecule has 0 saturated carbocycles. The number of morpholine rings is 1. The SMILES string of the molecule is CN=C(NCc1oc2ccccc2c1C)NCC(C(=O)N1CCOCC1)c1ccccc1. The number of rotatable bonds is 6. The second kappa shape index (κ2) is 10.3. The van der Waals surface area contributed by atoms with Crippen molar-refractivity contribution in [1.82, 2.24) is 15.5 Å². The fourth-order valence-electron chi connectivity index (χ4n) is 4.01. The predicted octanol–water partition coefficient (Wildman–Crippen LogP) is 3.05. The van der Waals surface area contributed by atoms with Crippen LogP contribution in [0.25, 0.3) is 11.0 Å². The number of hydrogen-bond donors (Lipinski definition) is 2. The van der Waals surface area contributed by atoms with Crippen molar-refractivity contribution in [3.8, 4) is 0 Å². The maximum atomic E-state index is 13.3. The normalized spacial score (nSPS) is 15.6. The van der Waals surface area contributed by atoms with E-state index < -0.39 is 0 Å². The number of amides is 1. The monoisotopic (exact) mass is 434 g/mol. The minimum atomic E-state index is -0.305. The highest BCUT2D eigenvalue weighted by Gasteiger charge is 2.27. The van der Waals surface area contributed by atoms with Gasteiger partial charge in [0.25, 0.3) is 0 Å². The number of nitrogens with zero attached hydrogens (tertiary/aromatic N) is 2. The van der Waals surface area contributed by atoms with E-state index >= 15 is 0 Å². The van der Waals surface area contributed by atoms with Crippen molar-refractivity contribution < 1.29 is 13.9 Å². The number of nitrogens with one attached hydrogen (secondary N) is 2. The number of carbonyl (C=O) groups excluding carboxylic acids is 1. The number of aliphatic imine (C=N–C) groups is 1. The Hall–Kier alpha value is -3.32. The zero-order valence-electron chi connectivity index (χ0n) is 18.6. The van der Waals surface area contributed by atoms with E-state index in [0.717, 1.165) is 27.9 Å². The van der Waals surface area contributed by atoms with Gasteiger partial charge in [-0.05, 0) is 18.6 Å². The molecule has 1 aliphatic rings. The van der Waals surface area contributed by atoms with Crippen LogP contribution in [0.2, 0.25) is 0 Å². The van der Waals surface area contributed by atoms with E-state index in [1.54, 1.807) is 7.05 Å². The predicted molar refractivity (Wildman–Crippen MR) is 126 cm³/mol. The summed E-state index contributed by atoms with van der Waals surface area (Å²) >= 11 is 0. The lowest BCUT2D eigenvalue weighted by molar-refractivity contribution is -0.136. The second-order valence-corrected chi connectivity index (χ2v) is 7.85. The van der Waals surface area contributed by atoms with E-state index in [1.165, 1.54) is 0 Å². The highest BCUT2D eigenvalue weighted by Crippen LogP contribution is 2.24. The van der Waals surface area contributed by atoms with Gasteiger partial charge >= 0.3 is 0 Å². The van der Waals surface area contributed by atoms with Crippen molar-refractivity contribution in [3.05, 3.63) is 71.5 Å². The van der Waals surface area contributed by atoms with Gasteiger partial charge in [-0.2, -0.15) is 0 Å². The molecule has 1 saturated heterocycles. The summed E-state index contributed by atoms with van der Waals surface area (Å²) in [5.41, 5.74) is 2.98. The Morgan fingerprint density at radius 1 is 1.06 bits per heavy atom. The first-order valence-electron chi connectivity index (χ1n) is 11.0. The maximum absolute atomic E-state index is 13.3. The molecule has 168 valence electrons. The Balaban J connectivity index is 1.42. The molecule has 1 aliphatic heterocycles. The molecule has 2 heterocycles. The maximum Gasteiger partial charge on any atom is 0.232 e. The number of aryl methyl sites for hydroxylation is 1. The number of carbonyl (C=O) groups is 1. The molecule has 7 heteroatoms. The number of benzene rings is 2. The van der Waals surface area contributed by atoms with Crippen LogP contribution >= 0.6 is 0 Å². The lowest BCUT2D eigenvalue weighted by Crippen LogP contribution is -2.47. The van der Waals surface area contributed by atoms with Gasteiger partial charge in [-0.1, -0.05) is 48.5 Å². The Bertz CT molecular complexity index is 1070. The van der Waals surface area contributed by atoms with E-state index in [-0.39, 0.29) is 11.8 Å². The molecule has 4 rings (SSSR count). The Kier molecular flexibility index (Phi) is 7.07. The summed E-state index contributed by atoms with van der Waals surface area (Å²) < 4.78 is 11.4. The third-order valence-corrected chi connectivity index (χ3v) is 5.88. The molecule has 1 amide bonds. The van der Waals surface area contributed by atoms with Crippen LogP contribution in [0.15, 0.2) is 64.0 Å². The van der Waals surface area contributed by atoms with Gasteiger partial charge in [-0.3, -0.25) is 9.79 Å². The van der Waals surface area contributed by atoms with Crippen molar-refractivity contribution in [2.24, 2.45) is 4.99 Å². The summed E-state index contributed by atoms with van der Waals surface area (Å²) in [6.07, 6.45) is 0. The Labute approximate surface area is 188 Å². The van der Waals surface area contributed by atoms with Crippen molar-refractivity contribution in [3.63, 3.8) is 0 Å². The molecule has 0 radical (unpaired) electrons. The molecule has 1 atom stereocenters. The third-order valence-electron chi connectivity index (χ3n) is 5.88. The van der Waals surface area contributed by atoms with Crippen LogP contribution < -0.4 is 10.6 Å².